The van der Waals surface area contributed by atoms with Gasteiger partial charge in [-0.2, -0.15) is 0 Å². The Kier molecular flexibility index (Phi) is 5.77. The van der Waals surface area contributed by atoms with Gasteiger partial charge in [-0.1, -0.05) is 12.1 Å². The Morgan fingerprint density at radius 2 is 1.86 bits per heavy atom. The zero-order valence-electron chi connectivity index (χ0n) is 20.6. The summed E-state index contributed by atoms with van der Waals surface area (Å²) in [6.45, 7) is 9.04. The maximum atomic E-state index is 14.5. The van der Waals surface area contributed by atoms with E-state index >= 15 is 0 Å². The average molecular weight is 480 g/mol. The number of likely N-dealkylation sites (tertiary alicyclic amines) is 1. The molecule has 8 heteroatoms. The van der Waals surface area contributed by atoms with Gasteiger partial charge in [0.1, 0.15) is 11.1 Å². The van der Waals surface area contributed by atoms with Crippen molar-refractivity contribution >= 4 is 23.1 Å². The number of ether oxygens (including phenoxy) is 1. The van der Waals surface area contributed by atoms with E-state index in [1.54, 1.807) is 17.9 Å². The molecular formula is C27H30FN3O4. The Bertz CT molecular complexity index is 1300. The smallest absolute Gasteiger partial charge is 0.410 e. The topological polar surface area (TPSA) is 75.9 Å². The van der Waals surface area contributed by atoms with Crippen molar-refractivity contribution in [1.82, 2.24) is 14.8 Å². The van der Waals surface area contributed by atoms with E-state index in [4.69, 9.17) is 9.15 Å². The van der Waals surface area contributed by atoms with E-state index in [0.29, 0.717) is 42.2 Å². The molecule has 7 nitrogen and oxygen atoms in total. The van der Waals surface area contributed by atoms with Crippen molar-refractivity contribution in [2.24, 2.45) is 0 Å². The molecule has 0 bridgehead atoms. The number of hydrogen-bond donors (Lipinski definition) is 0. The minimum Gasteiger partial charge on any atom is -0.444 e. The zero-order chi connectivity index (χ0) is 24.9. The summed E-state index contributed by atoms with van der Waals surface area (Å²) < 4.78 is 25.5. The van der Waals surface area contributed by atoms with Crippen molar-refractivity contribution in [1.29, 1.82) is 0 Å². The number of carbonyl (C=O) groups excluding carboxylic acids is 2. The fourth-order valence-electron chi connectivity index (χ4n) is 4.99. The second-order valence-corrected chi connectivity index (χ2v) is 10.4. The zero-order valence-corrected chi connectivity index (χ0v) is 20.6. The van der Waals surface area contributed by atoms with Crippen LogP contribution in [-0.2, 0) is 11.2 Å². The van der Waals surface area contributed by atoms with E-state index in [2.05, 4.69) is 4.98 Å². The number of piperidine rings is 1. The van der Waals surface area contributed by atoms with E-state index < -0.39 is 11.4 Å². The SMILES string of the molecule is Cc1nc2c(F)cc(-c3ccc4c(c3)CCN(C3CCN(C(=O)OC(C)(C)C)CC3)C4=O)cc2o1. The highest BCUT2D eigenvalue weighted by Crippen LogP contribution is 2.32. The molecule has 0 radical (unpaired) electrons. The largest absolute Gasteiger partial charge is 0.444 e. The molecule has 35 heavy (non-hydrogen) atoms. The molecule has 2 aromatic carbocycles. The van der Waals surface area contributed by atoms with Crippen LogP contribution in [0.2, 0.25) is 0 Å². The minimum atomic E-state index is -0.523. The molecule has 0 spiro atoms. The molecule has 3 aromatic rings. The Balaban J connectivity index is 1.30. The van der Waals surface area contributed by atoms with Gasteiger partial charge in [-0.25, -0.2) is 14.2 Å². The molecule has 5 rings (SSSR count). The molecule has 0 saturated carbocycles. The first-order valence-electron chi connectivity index (χ1n) is 12.1. The highest BCUT2D eigenvalue weighted by atomic mass is 19.1. The summed E-state index contributed by atoms with van der Waals surface area (Å²) in [7, 11) is 0. The molecule has 0 unspecified atom stereocenters. The van der Waals surface area contributed by atoms with Crippen LogP contribution in [0.3, 0.4) is 0 Å². The number of rotatable bonds is 2. The predicted molar refractivity (Wildman–Crippen MR) is 130 cm³/mol. The summed E-state index contributed by atoms with van der Waals surface area (Å²) in [6, 6.07) is 9.01. The summed E-state index contributed by atoms with van der Waals surface area (Å²) in [5.41, 5.74) is 3.30. The Labute approximate surface area is 203 Å². The molecule has 2 amide bonds. The molecule has 2 aliphatic rings. The lowest BCUT2D eigenvalue weighted by Gasteiger charge is -2.40. The van der Waals surface area contributed by atoms with Crippen LogP contribution in [0.25, 0.3) is 22.2 Å². The van der Waals surface area contributed by atoms with Gasteiger partial charge in [-0.15, -0.1) is 0 Å². The first-order valence-corrected chi connectivity index (χ1v) is 12.1. The number of hydrogen-bond acceptors (Lipinski definition) is 5. The molecule has 184 valence electrons. The van der Waals surface area contributed by atoms with Crippen molar-refractivity contribution < 1.29 is 23.1 Å². The van der Waals surface area contributed by atoms with Crippen molar-refractivity contribution in [2.45, 2.75) is 58.6 Å². The number of oxazole rings is 1. The highest BCUT2D eigenvalue weighted by molar-refractivity contribution is 5.97. The molecule has 1 saturated heterocycles. The second-order valence-electron chi connectivity index (χ2n) is 10.4. The summed E-state index contributed by atoms with van der Waals surface area (Å²) in [5.74, 6) is 0.0113. The third-order valence-corrected chi connectivity index (χ3v) is 6.66. The summed E-state index contributed by atoms with van der Waals surface area (Å²) >= 11 is 0. The van der Waals surface area contributed by atoms with Crippen molar-refractivity contribution in [3.8, 4) is 11.1 Å². The van der Waals surface area contributed by atoms with Gasteiger partial charge in [0.15, 0.2) is 17.3 Å². The van der Waals surface area contributed by atoms with Gasteiger partial charge in [0.25, 0.3) is 5.91 Å². The fraction of sp³-hybridized carbons (Fsp3) is 0.444. The number of amides is 2. The van der Waals surface area contributed by atoms with Gasteiger partial charge in [0.2, 0.25) is 0 Å². The summed E-state index contributed by atoms with van der Waals surface area (Å²) in [5, 5.41) is 0. The quantitative estimate of drug-likeness (QED) is 0.496. The Hall–Kier alpha value is -3.42. The van der Waals surface area contributed by atoms with Gasteiger partial charge in [-0.3, -0.25) is 4.79 Å². The molecule has 1 fully saturated rings. The van der Waals surface area contributed by atoms with Crippen LogP contribution in [0.4, 0.5) is 9.18 Å². The lowest BCUT2D eigenvalue weighted by atomic mass is 9.92. The Morgan fingerprint density at radius 3 is 2.57 bits per heavy atom. The van der Waals surface area contributed by atoms with Gasteiger partial charge in [-0.05, 0) is 74.9 Å². The summed E-state index contributed by atoms with van der Waals surface area (Å²) in [6.07, 6.45) is 1.89. The number of fused-ring (bicyclic) bond motifs is 2. The molecule has 0 aliphatic carbocycles. The Morgan fingerprint density at radius 1 is 1.11 bits per heavy atom. The van der Waals surface area contributed by atoms with Crippen LogP contribution in [0.15, 0.2) is 34.7 Å². The highest BCUT2D eigenvalue weighted by Gasteiger charge is 2.34. The first kappa shape index (κ1) is 23.3. The van der Waals surface area contributed by atoms with Crippen LogP contribution >= 0.6 is 0 Å². The minimum absolute atomic E-state index is 0.0148. The second kappa shape index (κ2) is 8.66. The van der Waals surface area contributed by atoms with Crippen LogP contribution < -0.4 is 0 Å². The van der Waals surface area contributed by atoms with E-state index in [1.807, 2.05) is 43.9 Å². The number of carbonyl (C=O) groups is 2. The number of aromatic nitrogens is 1. The van der Waals surface area contributed by atoms with Crippen molar-refractivity contribution in [3.63, 3.8) is 0 Å². The van der Waals surface area contributed by atoms with Crippen LogP contribution in [0.1, 0.15) is 55.4 Å². The molecule has 1 aromatic heterocycles. The molecular weight excluding hydrogens is 449 g/mol. The average Bonchev–Trinajstić information content (AvgIpc) is 3.19. The van der Waals surface area contributed by atoms with E-state index in [9.17, 15) is 14.0 Å². The van der Waals surface area contributed by atoms with Gasteiger partial charge < -0.3 is 19.0 Å². The molecule has 0 atom stereocenters. The number of benzene rings is 2. The van der Waals surface area contributed by atoms with Crippen molar-refractivity contribution in [3.05, 3.63) is 53.2 Å². The number of nitrogens with zero attached hydrogens (tertiary/aromatic N) is 3. The van der Waals surface area contributed by atoms with Crippen LogP contribution in [0.5, 0.6) is 0 Å². The fourth-order valence-corrected chi connectivity index (χ4v) is 4.99. The van der Waals surface area contributed by atoms with Gasteiger partial charge in [0.05, 0.1) is 0 Å². The van der Waals surface area contributed by atoms with Gasteiger partial charge >= 0.3 is 6.09 Å². The maximum absolute atomic E-state index is 14.5. The number of aryl methyl sites for hydroxylation is 1. The van der Waals surface area contributed by atoms with Crippen LogP contribution in [0, 0.1) is 12.7 Å². The molecule has 2 aliphatic heterocycles. The number of halogens is 1. The van der Waals surface area contributed by atoms with Crippen molar-refractivity contribution in [2.75, 3.05) is 19.6 Å². The summed E-state index contributed by atoms with van der Waals surface area (Å²) in [4.78, 5) is 33.5. The van der Waals surface area contributed by atoms with Crippen LogP contribution in [-0.4, -0.2) is 58.1 Å². The third kappa shape index (κ3) is 4.61. The monoisotopic (exact) mass is 479 g/mol. The molecule has 0 N–H and O–H groups in total. The molecule has 3 heterocycles. The normalized spacial score (nSPS) is 17.1. The standard InChI is InChI=1S/C27H30FN3O4/c1-16-29-24-22(28)14-19(15-23(24)34-16)17-5-6-21-18(13-17)7-12-31(25(21)32)20-8-10-30(11-9-20)26(33)35-27(2,3)4/h5-6,13-15,20H,7-12H2,1-4H3. The van der Waals surface area contributed by atoms with Gasteiger partial charge in [0, 0.05) is 38.2 Å². The lowest BCUT2D eigenvalue weighted by molar-refractivity contribution is 0.0144. The van der Waals surface area contributed by atoms with E-state index in [0.717, 1.165) is 30.4 Å². The first-order chi connectivity index (χ1) is 16.6. The predicted octanol–water partition coefficient (Wildman–Crippen LogP) is 5.34. The maximum Gasteiger partial charge on any atom is 0.410 e. The van der Waals surface area contributed by atoms with E-state index in [1.165, 1.54) is 6.07 Å². The third-order valence-electron chi connectivity index (χ3n) is 6.66. The lowest BCUT2D eigenvalue weighted by Crippen LogP contribution is -2.51. The van der Waals surface area contributed by atoms with E-state index in [-0.39, 0.29) is 23.6 Å².